The Morgan fingerprint density at radius 2 is 2.00 bits per heavy atom. The minimum atomic E-state index is -2.15. The number of nitrogens with zero attached hydrogens (tertiary/aromatic N) is 3. The normalized spacial score (nSPS) is 11.2. The van der Waals surface area contributed by atoms with Crippen molar-refractivity contribution >= 4 is 22.0 Å². The second-order valence-corrected chi connectivity index (χ2v) is 19.6. The van der Waals surface area contributed by atoms with Crippen molar-refractivity contribution in [1.29, 1.82) is 5.26 Å². The summed E-state index contributed by atoms with van der Waals surface area (Å²) >= 11 is -2.15. The molecular formula is C13H15N3Sn. The summed E-state index contributed by atoms with van der Waals surface area (Å²) in [5, 5.41) is 9.10. The first-order valence-corrected chi connectivity index (χ1v) is 15.5. The van der Waals surface area contributed by atoms with Gasteiger partial charge in [-0.3, -0.25) is 0 Å². The van der Waals surface area contributed by atoms with E-state index >= 15 is 0 Å². The van der Waals surface area contributed by atoms with Gasteiger partial charge in [0.05, 0.1) is 0 Å². The fourth-order valence-corrected chi connectivity index (χ4v) is 5.01. The number of benzene rings is 1. The topological polar surface area (TPSA) is 41.6 Å². The molecular weight excluding hydrogens is 317 g/mol. The van der Waals surface area contributed by atoms with Crippen molar-refractivity contribution in [2.24, 2.45) is 0 Å². The van der Waals surface area contributed by atoms with Gasteiger partial charge in [-0.15, -0.1) is 0 Å². The summed E-state index contributed by atoms with van der Waals surface area (Å²) in [6.45, 7) is 0. The standard InChI is InChI=1S/C10H6N3.3CH3.Sn/c11-7-9-2-1-3-10(6-9)13-5-4-12-8-13;;;;/h2-6,8H;3*1H3;. The fourth-order valence-electron chi connectivity index (χ4n) is 1.67. The summed E-state index contributed by atoms with van der Waals surface area (Å²) in [6, 6.07) is 8.38. The zero-order chi connectivity index (χ0) is 12.5. The van der Waals surface area contributed by atoms with Crippen molar-refractivity contribution in [3.05, 3.63) is 42.5 Å². The van der Waals surface area contributed by atoms with Crippen molar-refractivity contribution in [2.45, 2.75) is 14.8 Å². The molecule has 0 amide bonds. The molecule has 0 aliphatic carbocycles. The molecule has 17 heavy (non-hydrogen) atoms. The molecule has 1 aromatic heterocycles. The number of hydrogen-bond acceptors (Lipinski definition) is 2. The Bertz CT molecular complexity index is 559. The van der Waals surface area contributed by atoms with Gasteiger partial charge >= 0.3 is 106 Å². The van der Waals surface area contributed by atoms with Crippen LogP contribution in [0.4, 0.5) is 0 Å². The van der Waals surface area contributed by atoms with Gasteiger partial charge in [0.2, 0.25) is 0 Å². The van der Waals surface area contributed by atoms with E-state index in [1.807, 2.05) is 22.9 Å². The number of aromatic nitrogens is 2. The third kappa shape index (κ3) is 2.70. The molecule has 0 atom stereocenters. The van der Waals surface area contributed by atoms with Crippen LogP contribution >= 0.6 is 0 Å². The summed E-state index contributed by atoms with van der Waals surface area (Å²) < 4.78 is 3.31. The molecule has 0 saturated heterocycles. The first-order valence-electron chi connectivity index (χ1n) is 5.55. The molecule has 0 radical (unpaired) electrons. The second-order valence-electron chi connectivity index (χ2n) is 5.10. The third-order valence-corrected chi connectivity index (χ3v) is 8.48. The molecule has 0 aliphatic heterocycles. The van der Waals surface area contributed by atoms with Crippen LogP contribution in [0.3, 0.4) is 0 Å². The molecule has 0 spiro atoms. The molecule has 0 fully saturated rings. The van der Waals surface area contributed by atoms with Crippen LogP contribution < -0.4 is 3.58 Å². The van der Waals surface area contributed by atoms with Crippen molar-refractivity contribution < 1.29 is 0 Å². The van der Waals surface area contributed by atoms with Crippen LogP contribution in [0.2, 0.25) is 14.8 Å². The zero-order valence-corrected chi connectivity index (χ0v) is 13.2. The summed E-state index contributed by atoms with van der Waals surface area (Å²) in [7, 11) is 0. The maximum absolute atomic E-state index is 9.10. The van der Waals surface area contributed by atoms with E-state index in [0.29, 0.717) is 0 Å². The van der Waals surface area contributed by atoms with E-state index in [1.165, 1.54) is 3.58 Å². The van der Waals surface area contributed by atoms with E-state index in [2.05, 4.69) is 31.9 Å². The molecule has 0 unspecified atom stereocenters. The van der Waals surface area contributed by atoms with Crippen LogP contribution in [0.1, 0.15) is 5.56 Å². The van der Waals surface area contributed by atoms with Gasteiger partial charge in [0.15, 0.2) is 0 Å². The van der Waals surface area contributed by atoms with E-state index in [0.717, 1.165) is 11.3 Å². The maximum atomic E-state index is 9.10. The summed E-state index contributed by atoms with van der Waals surface area (Å²) in [5.74, 6) is 0. The van der Waals surface area contributed by atoms with Gasteiger partial charge in [0, 0.05) is 0 Å². The van der Waals surface area contributed by atoms with Gasteiger partial charge in [-0.25, -0.2) is 0 Å². The zero-order valence-electron chi connectivity index (χ0n) is 10.3. The van der Waals surface area contributed by atoms with Crippen molar-refractivity contribution in [1.82, 2.24) is 9.55 Å². The molecule has 0 saturated carbocycles. The van der Waals surface area contributed by atoms with Crippen LogP contribution in [0.15, 0.2) is 36.9 Å². The quantitative estimate of drug-likeness (QED) is 0.792. The van der Waals surface area contributed by atoms with E-state index in [9.17, 15) is 0 Å². The van der Waals surface area contributed by atoms with Crippen molar-refractivity contribution in [3.63, 3.8) is 0 Å². The van der Waals surface area contributed by atoms with Crippen LogP contribution in [0.25, 0.3) is 5.69 Å². The van der Waals surface area contributed by atoms with Gasteiger partial charge in [0.1, 0.15) is 0 Å². The number of nitriles is 1. The molecule has 0 N–H and O–H groups in total. The van der Waals surface area contributed by atoms with E-state index in [-0.39, 0.29) is 0 Å². The first kappa shape index (κ1) is 12.2. The van der Waals surface area contributed by atoms with Crippen LogP contribution in [-0.4, -0.2) is 27.9 Å². The second kappa shape index (κ2) is 4.53. The Labute approximate surface area is 106 Å². The van der Waals surface area contributed by atoms with E-state index in [4.69, 9.17) is 5.26 Å². The van der Waals surface area contributed by atoms with Gasteiger partial charge in [-0.05, 0) is 0 Å². The monoisotopic (exact) mass is 333 g/mol. The van der Waals surface area contributed by atoms with Crippen LogP contribution in [0, 0.1) is 11.3 Å². The van der Waals surface area contributed by atoms with E-state index in [1.54, 1.807) is 12.5 Å². The average Bonchev–Trinajstić information content (AvgIpc) is 2.80. The Morgan fingerprint density at radius 3 is 2.53 bits per heavy atom. The fraction of sp³-hybridized carbons (Fsp3) is 0.231. The minimum absolute atomic E-state index is 0.734. The SMILES string of the molecule is [CH3][Sn]([CH3])([CH3])[c]1cc(C#N)cc(-n2ccnc2)c1. The van der Waals surface area contributed by atoms with Crippen molar-refractivity contribution in [2.75, 3.05) is 0 Å². The summed E-state index contributed by atoms with van der Waals surface area (Å²) in [6.07, 6.45) is 5.41. The number of rotatable bonds is 2. The Hall–Kier alpha value is -1.28. The van der Waals surface area contributed by atoms with Crippen molar-refractivity contribution in [3.8, 4) is 11.8 Å². The molecule has 1 aromatic carbocycles. The van der Waals surface area contributed by atoms with Crippen LogP contribution in [-0.2, 0) is 0 Å². The van der Waals surface area contributed by atoms with Gasteiger partial charge < -0.3 is 0 Å². The molecule has 2 aromatic rings. The molecule has 0 bridgehead atoms. The Morgan fingerprint density at radius 1 is 1.24 bits per heavy atom. The van der Waals surface area contributed by atoms with Gasteiger partial charge in [0.25, 0.3) is 0 Å². The predicted molar refractivity (Wildman–Crippen MR) is 71.3 cm³/mol. The van der Waals surface area contributed by atoms with Gasteiger partial charge in [-0.1, -0.05) is 0 Å². The van der Waals surface area contributed by atoms with Crippen LogP contribution in [0.5, 0.6) is 0 Å². The number of hydrogen-bond donors (Lipinski definition) is 0. The average molecular weight is 332 g/mol. The summed E-state index contributed by atoms with van der Waals surface area (Å²) in [5.41, 5.74) is 1.76. The molecule has 3 nitrogen and oxygen atoms in total. The molecule has 2 rings (SSSR count). The Balaban J connectivity index is 2.59. The summed E-state index contributed by atoms with van der Waals surface area (Å²) in [4.78, 5) is 11.1. The molecule has 4 heteroatoms. The molecule has 0 aliphatic rings. The Kier molecular flexibility index (Phi) is 3.25. The predicted octanol–water partition coefficient (Wildman–Crippen LogP) is 2.29. The molecule has 86 valence electrons. The first-order chi connectivity index (χ1) is 8.00. The number of imidazole rings is 1. The van der Waals surface area contributed by atoms with Gasteiger partial charge in [-0.2, -0.15) is 0 Å². The van der Waals surface area contributed by atoms with E-state index < -0.39 is 18.4 Å². The third-order valence-electron chi connectivity index (χ3n) is 2.72. The molecule has 1 heterocycles.